The summed E-state index contributed by atoms with van der Waals surface area (Å²) in [5.74, 6) is 1.18. The van der Waals surface area contributed by atoms with Crippen LogP contribution in [0.3, 0.4) is 0 Å². The van der Waals surface area contributed by atoms with Crippen LogP contribution < -0.4 is 9.46 Å². The number of anilines is 1. The van der Waals surface area contributed by atoms with E-state index in [0.29, 0.717) is 17.2 Å². The number of nitrogens with one attached hydrogen (secondary N) is 1. The molecule has 0 unspecified atom stereocenters. The fourth-order valence-electron chi connectivity index (χ4n) is 1.87. The van der Waals surface area contributed by atoms with Crippen LogP contribution in [-0.4, -0.2) is 14.7 Å². The molecule has 0 aliphatic carbocycles. The maximum absolute atomic E-state index is 11.4. The van der Waals surface area contributed by atoms with Gasteiger partial charge in [-0.2, -0.15) is 0 Å². The quantitative estimate of drug-likeness (QED) is 0.938. The molecule has 0 atom stereocenters. The Hall–Kier alpha value is -2.01. The minimum Gasteiger partial charge on any atom is -0.455 e. The Morgan fingerprint density at radius 3 is 2.35 bits per heavy atom. The monoisotopic (exact) mass is 291 g/mol. The topological polar surface area (TPSA) is 55.4 Å². The lowest BCUT2D eigenvalue weighted by molar-refractivity contribution is 0.481. The Morgan fingerprint density at radius 1 is 1.00 bits per heavy atom. The van der Waals surface area contributed by atoms with Crippen LogP contribution in [0.2, 0.25) is 0 Å². The summed E-state index contributed by atoms with van der Waals surface area (Å²) in [5, 5.41) is 0. The highest BCUT2D eigenvalue weighted by Gasteiger charge is 2.09. The van der Waals surface area contributed by atoms with Crippen LogP contribution >= 0.6 is 0 Å². The molecular formula is C15H17NO3S. The van der Waals surface area contributed by atoms with E-state index in [1.165, 1.54) is 0 Å². The predicted molar refractivity (Wildman–Crippen MR) is 80.9 cm³/mol. The lowest BCUT2D eigenvalue weighted by Gasteiger charge is -2.13. The maximum atomic E-state index is 11.4. The van der Waals surface area contributed by atoms with Gasteiger partial charge in [-0.05, 0) is 37.6 Å². The molecule has 106 valence electrons. The van der Waals surface area contributed by atoms with Crippen LogP contribution in [-0.2, 0) is 10.0 Å². The van der Waals surface area contributed by atoms with E-state index in [0.717, 1.165) is 17.4 Å². The maximum Gasteiger partial charge on any atom is 0.229 e. The summed E-state index contributed by atoms with van der Waals surface area (Å²) >= 11 is 0. The lowest BCUT2D eigenvalue weighted by Crippen LogP contribution is -2.10. The minimum atomic E-state index is -3.34. The first-order valence-electron chi connectivity index (χ1n) is 6.17. The van der Waals surface area contributed by atoms with Gasteiger partial charge >= 0.3 is 0 Å². The number of rotatable bonds is 4. The molecule has 0 amide bonds. The molecule has 0 radical (unpaired) electrons. The lowest BCUT2D eigenvalue weighted by atomic mass is 10.1. The molecule has 0 aliphatic heterocycles. The summed E-state index contributed by atoms with van der Waals surface area (Å²) in [7, 11) is -3.34. The van der Waals surface area contributed by atoms with Crippen molar-refractivity contribution in [2.24, 2.45) is 0 Å². The standard InChI is InChI=1S/C15H17NO3S/c1-11-8-9-14(12(2)10-11)19-15-7-5-4-6-13(15)16-20(3,17)18/h4-10,16H,1-3H3. The third-order valence-corrected chi connectivity index (χ3v) is 3.32. The number of aryl methyl sites for hydroxylation is 2. The van der Waals surface area contributed by atoms with Crippen LogP contribution in [0.1, 0.15) is 11.1 Å². The molecule has 2 aromatic carbocycles. The van der Waals surface area contributed by atoms with Crippen LogP contribution in [0.5, 0.6) is 11.5 Å². The average molecular weight is 291 g/mol. The first kappa shape index (κ1) is 14.4. The summed E-state index contributed by atoms with van der Waals surface area (Å²) in [6.45, 7) is 3.96. The number of sulfonamides is 1. The highest BCUT2D eigenvalue weighted by molar-refractivity contribution is 7.92. The van der Waals surface area contributed by atoms with Gasteiger partial charge in [-0.25, -0.2) is 8.42 Å². The summed E-state index contributed by atoms with van der Waals surface area (Å²) in [5.41, 5.74) is 2.58. The van der Waals surface area contributed by atoms with Gasteiger partial charge < -0.3 is 4.74 Å². The predicted octanol–water partition coefficient (Wildman–Crippen LogP) is 3.47. The third kappa shape index (κ3) is 3.74. The number of para-hydroxylation sites is 2. The van der Waals surface area contributed by atoms with Gasteiger partial charge in [0, 0.05) is 0 Å². The Morgan fingerprint density at radius 2 is 1.70 bits per heavy atom. The van der Waals surface area contributed by atoms with Crippen molar-refractivity contribution in [3.63, 3.8) is 0 Å². The number of benzene rings is 2. The molecule has 0 fully saturated rings. The molecule has 1 N–H and O–H groups in total. The van der Waals surface area contributed by atoms with Crippen molar-refractivity contribution in [2.45, 2.75) is 13.8 Å². The SMILES string of the molecule is Cc1ccc(Oc2ccccc2NS(C)(=O)=O)c(C)c1. The third-order valence-electron chi connectivity index (χ3n) is 2.73. The van der Waals surface area contributed by atoms with Crippen LogP contribution in [0.25, 0.3) is 0 Å². The number of hydrogen-bond acceptors (Lipinski definition) is 3. The fourth-order valence-corrected chi connectivity index (χ4v) is 2.44. The molecule has 0 bridgehead atoms. The van der Waals surface area contributed by atoms with Crippen molar-refractivity contribution in [1.29, 1.82) is 0 Å². The van der Waals surface area contributed by atoms with Crippen LogP contribution in [0.4, 0.5) is 5.69 Å². The largest absolute Gasteiger partial charge is 0.455 e. The van der Waals surface area contributed by atoms with Gasteiger partial charge in [0.1, 0.15) is 5.75 Å². The van der Waals surface area contributed by atoms with E-state index in [1.54, 1.807) is 24.3 Å². The second-order valence-corrected chi connectivity index (χ2v) is 6.49. The van der Waals surface area contributed by atoms with Gasteiger partial charge in [-0.15, -0.1) is 0 Å². The molecule has 2 aromatic rings. The van der Waals surface area contributed by atoms with Crippen molar-refractivity contribution in [2.75, 3.05) is 11.0 Å². The molecule has 0 heterocycles. The molecule has 0 aromatic heterocycles. The zero-order valence-corrected chi connectivity index (χ0v) is 12.5. The summed E-state index contributed by atoms with van der Waals surface area (Å²) in [6.07, 6.45) is 1.11. The van der Waals surface area contributed by atoms with Crippen molar-refractivity contribution in [3.05, 3.63) is 53.6 Å². The van der Waals surface area contributed by atoms with E-state index in [2.05, 4.69) is 4.72 Å². The van der Waals surface area contributed by atoms with Crippen molar-refractivity contribution >= 4 is 15.7 Å². The molecule has 0 spiro atoms. The molecule has 2 rings (SSSR count). The van der Waals surface area contributed by atoms with E-state index < -0.39 is 10.0 Å². The van der Waals surface area contributed by atoms with Crippen molar-refractivity contribution in [1.82, 2.24) is 0 Å². The highest BCUT2D eigenvalue weighted by atomic mass is 32.2. The van der Waals surface area contributed by atoms with Crippen molar-refractivity contribution in [3.8, 4) is 11.5 Å². The smallest absolute Gasteiger partial charge is 0.229 e. The van der Waals surface area contributed by atoms with E-state index >= 15 is 0 Å². The van der Waals surface area contributed by atoms with Gasteiger partial charge in [0.25, 0.3) is 0 Å². The second-order valence-electron chi connectivity index (χ2n) is 4.74. The van der Waals surface area contributed by atoms with E-state index in [9.17, 15) is 8.42 Å². The fraction of sp³-hybridized carbons (Fsp3) is 0.200. The Bertz CT molecular complexity index is 724. The Labute approximate surface area is 119 Å². The molecule has 4 nitrogen and oxygen atoms in total. The van der Waals surface area contributed by atoms with Crippen molar-refractivity contribution < 1.29 is 13.2 Å². The average Bonchev–Trinajstić information content (AvgIpc) is 2.33. The molecular weight excluding hydrogens is 274 g/mol. The molecule has 0 saturated carbocycles. The van der Waals surface area contributed by atoms with Gasteiger partial charge in [-0.1, -0.05) is 29.8 Å². The Balaban J connectivity index is 2.34. The zero-order chi connectivity index (χ0) is 14.8. The van der Waals surface area contributed by atoms with Crippen LogP contribution in [0, 0.1) is 13.8 Å². The van der Waals surface area contributed by atoms with Gasteiger partial charge in [0.15, 0.2) is 5.75 Å². The number of ether oxygens (including phenoxy) is 1. The first-order valence-corrected chi connectivity index (χ1v) is 8.06. The Kier molecular flexibility index (Phi) is 3.99. The normalized spacial score (nSPS) is 11.2. The molecule has 0 aliphatic rings. The van der Waals surface area contributed by atoms with Gasteiger partial charge in [-0.3, -0.25) is 4.72 Å². The zero-order valence-electron chi connectivity index (χ0n) is 11.7. The van der Waals surface area contributed by atoms with E-state index in [1.807, 2.05) is 32.0 Å². The highest BCUT2D eigenvalue weighted by Crippen LogP contribution is 2.31. The summed E-state index contributed by atoms with van der Waals surface area (Å²) < 4.78 is 31.0. The molecule has 5 heteroatoms. The van der Waals surface area contributed by atoms with Gasteiger partial charge in [0.2, 0.25) is 10.0 Å². The molecule has 0 saturated heterocycles. The summed E-state index contributed by atoms with van der Waals surface area (Å²) in [4.78, 5) is 0. The molecule has 20 heavy (non-hydrogen) atoms. The van der Waals surface area contributed by atoms with E-state index in [4.69, 9.17) is 4.74 Å². The summed E-state index contributed by atoms with van der Waals surface area (Å²) in [6, 6.07) is 12.8. The minimum absolute atomic E-state index is 0.426. The van der Waals surface area contributed by atoms with Gasteiger partial charge in [0.05, 0.1) is 11.9 Å². The van der Waals surface area contributed by atoms with E-state index in [-0.39, 0.29) is 0 Å². The van der Waals surface area contributed by atoms with Crippen LogP contribution in [0.15, 0.2) is 42.5 Å². The second kappa shape index (κ2) is 5.54. The first-order chi connectivity index (χ1) is 9.35. The number of hydrogen-bond donors (Lipinski definition) is 1.